The maximum Gasteiger partial charge on any atom is 0.247 e. The molecular weight excluding hydrogens is 306 g/mol. The summed E-state index contributed by atoms with van der Waals surface area (Å²) >= 11 is 1.67. The number of carbonyl (C=O) groups is 1. The lowest BCUT2D eigenvalue weighted by molar-refractivity contribution is -0.917. The van der Waals surface area contributed by atoms with Crippen molar-refractivity contribution in [2.45, 2.75) is 13.5 Å². The molecule has 5 heteroatoms. The summed E-state index contributed by atoms with van der Waals surface area (Å²) in [6.07, 6.45) is 7.34. The molecule has 0 atom stereocenters. The Morgan fingerprint density at radius 1 is 1.30 bits per heavy atom. The Morgan fingerprint density at radius 3 is 2.70 bits per heavy atom. The zero-order valence-corrected chi connectivity index (χ0v) is 14.2. The molecule has 0 radical (unpaired) electrons. The molecule has 4 nitrogen and oxygen atoms in total. The second kappa shape index (κ2) is 7.53. The van der Waals surface area contributed by atoms with Crippen LogP contribution in [0, 0.1) is 6.92 Å². The molecule has 0 aromatic carbocycles. The van der Waals surface area contributed by atoms with Crippen molar-refractivity contribution in [3.05, 3.63) is 58.1 Å². The number of nitrogens with zero attached hydrogens (tertiary/aromatic N) is 2. The summed E-state index contributed by atoms with van der Waals surface area (Å²) in [5, 5.41) is 2.06. The molecule has 0 spiro atoms. The standard InChI is InChI=1S/C18H21N3OS/c1-15-6-13-23-17(15)2-3-18(22)21-11-9-20(10-12-21)14-16-4-7-19-8-5-16/h2-8,13H,9-12,14H2,1H3/p+1/b3-2+. The van der Waals surface area contributed by atoms with Crippen LogP contribution in [0.3, 0.4) is 0 Å². The van der Waals surface area contributed by atoms with Crippen molar-refractivity contribution in [3.8, 4) is 0 Å². The zero-order chi connectivity index (χ0) is 16.1. The monoisotopic (exact) mass is 328 g/mol. The smallest absolute Gasteiger partial charge is 0.247 e. The minimum absolute atomic E-state index is 0.126. The van der Waals surface area contributed by atoms with Gasteiger partial charge < -0.3 is 9.80 Å². The number of thiophene rings is 1. The normalized spacial score (nSPS) is 16.1. The Hall–Kier alpha value is -1.98. The lowest BCUT2D eigenvalue weighted by atomic mass is 10.2. The maximum absolute atomic E-state index is 12.3. The summed E-state index contributed by atoms with van der Waals surface area (Å²) in [6.45, 7) is 6.73. The summed E-state index contributed by atoms with van der Waals surface area (Å²) in [7, 11) is 0. The van der Waals surface area contributed by atoms with E-state index in [-0.39, 0.29) is 5.91 Å². The number of quaternary nitrogens is 1. The highest BCUT2D eigenvalue weighted by molar-refractivity contribution is 7.11. The van der Waals surface area contributed by atoms with Crippen LogP contribution in [0.15, 0.2) is 42.0 Å². The molecule has 2 aromatic heterocycles. The molecule has 23 heavy (non-hydrogen) atoms. The Balaban J connectivity index is 1.49. The third kappa shape index (κ3) is 4.27. The van der Waals surface area contributed by atoms with E-state index < -0.39 is 0 Å². The molecule has 0 saturated carbocycles. The number of nitrogens with one attached hydrogen (secondary N) is 1. The molecule has 1 fully saturated rings. The average molecular weight is 328 g/mol. The van der Waals surface area contributed by atoms with Gasteiger partial charge >= 0.3 is 0 Å². The van der Waals surface area contributed by atoms with Crippen molar-refractivity contribution in [3.63, 3.8) is 0 Å². The summed E-state index contributed by atoms with van der Waals surface area (Å²) in [4.78, 5) is 21.0. The Morgan fingerprint density at radius 2 is 2.04 bits per heavy atom. The lowest BCUT2D eigenvalue weighted by Gasteiger charge is -2.31. The van der Waals surface area contributed by atoms with Gasteiger partial charge in [-0.3, -0.25) is 9.78 Å². The van der Waals surface area contributed by atoms with Gasteiger partial charge in [0.05, 0.1) is 26.2 Å². The number of hydrogen-bond donors (Lipinski definition) is 1. The minimum Gasteiger partial charge on any atom is -0.328 e. The van der Waals surface area contributed by atoms with E-state index in [2.05, 4.69) is 35.5 Å². The highest BCUT2D eigenvalue weighted by Crippen LogP contribution is 2.17. The van der Waals surface area contributed by atoms with Crippen molar-refractivity contribution in [2.75, 3.05) is 26.2 Å². The van der Waals surface area contributed by atoms with E-state index in [1.165, 1.54) is 20.9 Å². The fourth-order valence-electron chi connectivity index (χ4n) is 2.82. The van der Waals surface area contributed by atoms with E-state index >= 15 is 0 Å². The fraction of sp³-hybridized carbons (Fsp3) is 0.333. The van der Waals surface area contributed by atoms with Crippen molar-refractivity contribution in [2.24, 2.45) is 0 Å². The summed E-state index contributed by atoms with van der Waals surface area (Å²) < 4.78 is 0. The van der Waals surface area contributed by atoms with Crippen molar-refractivity contribution in [1.29, 1.82) is 0 Å². The molecule has 1 aliphatic rings. The minimum atomic E-state index is 0.126. The Bertz CT molecular complexity index is 673. The number of aromatic nitrogens is 1. The van der Waals surface area contributed by atoms with Gasteiger partial charge in [0.15, 0.2) is 0 Å². The van der Waals surface area contributed by atoms with Crippen LogP contribution in [0.1, 0.15) is 16.0 Å². The molecule has 0 bridgehead atoms. The molecule has 120 valence electrons. The van der Waals surface area contributed by atoms with Gasteiger partial charge in [-0.05, 0) is 42.1 Å². The molecule has 1 aliphatic heterocycles. The van der Waals surface area contributed by atoms with E-state index in [1.807, 2.05) is 23.4 Å². The number of carbonyl (C=O) groups excluding carboxylic acids is 1. The zero-order valence-electron chi connectivity index (χ0n) is 13.4. The molecule has 3 heterocycles. The fourth-order valence-corrected chi connectivity index (χ4v) is 3.64. The first kappa shape index (κ1) is 15.9. The molecule has 1 N–H and O–H groups in total. The van der Waals surface area contributed by atoms with E-state index in [0.717, 1.165) is 32.7 Å². The summed E-state index contributed by atoms with van der Waals surface area (Å²) in [6, 6.07) is 6.21. The number of piperazine rings is 1. The first-order valence-electron chi connectivity index (χ1n) is 7.96. The molecule has 1 amide bonds. The number of hydrogen-bond acceptors (Lipinski definition) is 3. The molecular formula is C18H22N3OS+. The molecule has 0 unspecified atom stereocenters. The van der Waals surface area contributed by atoms with E-state index in [4.69, 9.17) is 0 Å². The van der Waals surface area contributed by atoms with Gasteiger partial charge in [-0.1, -0.05) is 0 Å². The van der Waals surface area contributed by atoms with Gasteiger partial charge in [0.1, 0.15) is 6.54 Å². The van der Waals surface area contributed by atoms with Crippen LogP contribution < -0.4 is 4.90 Å². The second-order valence-corrected chi connectivity index (χ2v) is 6.86. The number of amides is 1. The highest BCUT2D eigenvalue weighted by atomic mass is 32.1. The second-order valence-electron chi connectivity index (χ2n) is 5.91. The lowest BCUT2D eigenvalue weighted by Crippen LogP contribution is -3.13. The van der Waals surface area contributed by atoms with Gasteiger partial charge in [0.2, 0.25) is 5.91 Å². The number of rotatable bonds is 4. The third-order valence-electron chi connectivity index (χ3n) is 4.26. The Labute approximate surface area is 141 Å². The first-order chi connectivity index (χ1) is 11.2. The van der Waals surface area contributed by atoms with Crippen molar-refractivity contribution < 1.29 is 9.69 Å². The van der Waals surface area contributed by atoms with Crippen molar-refractivity contribution >= 4 is 23.3 Å². The van der Waals surface area contributed by atoms with E-state index in [0.29, 0.717) is 0 Å². The van der Waals surface area contributed by atoms with Crippen molar-refractivity contribution in [1.82, 2.24) is 9.88 Å². The van der Waals surface area contributed by atoms with Crippen LogP contribution in [0.2, 0.25) is 0 Å². The number of pyridine rings is 1. The topological polar surface area (TPSA) is 37.6 Å². The SMILES string of the molecule is Cc1ccsc1/C=C/C(=O)N1CC[NH+](Cc2ccncc2)CC1. The van der Waals surface area contributed by atoms with Gasteiger partial charge in [-0.25, -0.2) is 0 Å². The molecule has 2 aromatic rings. The van der Waals surface area contributed by atoms with Crippen LogP contribution in [-0.2, 0) is 11.3 Å². The number of aryl methyl sites for hydroxylation is 1. The van der Waals surface area contributed by atoms with Crippen LogP contribution in [0.25, 0.3) is 6.08 Å². The Kier molecular flexibility index (Phi) is 5.20. The van der Waals surface area contributed by atoms with E-state index in [9.17, 15) is 4.79 Å². The van der Waals surface area contributed by atoms with Gasteiger partial charge in [0, 0.05) is 28.9 Å². The molecule has 1 saturated heterocycles. The highest BCUT2D eigenvalue weighted by Gasteiger charge is 2.22. The predicted octanol–water partition coefficient (Wildman–Crippen LogP) is 1.39. The van der Waals surface area contributed by atoms with Crippen LogP contribution in [-0.4, -0.2) is 42.0 Å². The third-order valence-corrected chi connectivity index (χ3v) is 5.25. The predicted molar refractivity (Wildman–Crippen MR) is 93.3 cm³/mol. The van der Waals surface area contributed by atoms with Gasteiger partial charge in [-0.15, -0.1) is 11.3 Å². The van der Waals surface area contributed by atoms with E-state index in [1.54, 1.807) is 17.4 Å². The maximum atomic E-state index is 12.3. The largest absolute Gasteiger partial charge is 0.328 e. The molecule has 3 rings (SSSR count). The van der Waals surface area contributed by atoms with Crippen LogP contribution in [0.5, 0.6) is 0 Å². The van der Waals surface area contributed by atoms with Gasteiger partial charge in [-0.2, -0.15) is 0 Å². The van der Waals surface area contributed by atoms with Crippen LogP contribution in [0.4, 0.5) is 0 Å². The van der Waals surface area contributed by atoms with Gasteiger partial charge in [0.25, 0.3) is 0 Å². The van der Waals surface area contributed by atoms with Crippen LogP contribution >= 0.6 is 11.3 Å². The first-order valence-corrected chi connectivity index (χ1v) is 8.84. The molecule has 0 aliphatic carbocycles. The quantitative estimate of drug-likeness (QED) is 0.862. The summed E-state index contributed by atoms with van der Waals surface area (Å²) in [5.41, 5.74) is 2.54. The summed E-state index contributed by atoms with van der Waals surface area (Å²) in [5.74, 6) is 0.126. The average Bonchev–Trinajstić information content (AvgIpc) is 2.99.